The van der Waals surface area contributed by atoms with E-state index in [1.54, 1.807) is 0 Å². The van der Waals surface area contributed by atoms with Crippen molar-refractivity contribution in [2.75, 3.05) is 5.75 Å². The molecule has 0 spiro atoms. The number of rotatable bonds is 4. The van der Waals surface area contributed by atoms with Crippen molar-refractivity contribution in [1.82, 2.24) is 0 Å². The molecule has 0 nitrogen and oxygen atoms in total. The second-order valence-corrected chi connectivity index (χ2v) is 4.47. The minimum absolute atomic E-state index is 0. The van der Waals surface area contributed by atoms with Gasteiger partial charge in [-0.25, -0.2) is 0 Å². The van der Waals surface area contributed by atoms with Gasteiger partial charge in [0.05, 0.1) is 0 Å². The zero-order chi connectivity index (χ0) is 7.28. The smallest absolute Gasteiger partial charge is 0 e. The van der Waals surface area contributed by atoms with Gasteiger partial charge in [0.2, 0.25) is 0 Å². The molecule has 10 heavy (non-hydrogen) atoms. The summed E-state index contributed by atoms with van der Waals surface area (Å²) in [6.07, 6.45) is 2.35. The number of thioether (sulfide) groups is 1. The summed E-state index contributed by atoms with van der Waals surface area (Å²) >= 11 is 2.00. The zero-order valence-corrected chi connectivity index (χ0v) is 11.0. The Morgan fingerprint density at radius 1 is 1.20 bits per heavy atom. The van der Waals surface area contributed by atoms with E-state index in [1.807, 2.05) is 11.8 Å². The Labute approximate surface area is 83.8 Å². The molecule has 0 aromatic heterocycles. The third-order valence-corrected chi connectivity index (χ3v) is 2.05. The summed E-state index contributed by atoms with van der Waals surface area (Å²) < 4.78 is 0. The molecule has 0 atom stereocenters. The first-order chi connectivity index (χ1) is 4.13. The fraction of sp³-hybridized carbons (Fsp3) is 0.875. The van der Waals surface area contributed by atoms with Crippen molar-refractivity contribution in [3.63, 3.8) is 0 Å². The van der Waals surface area contributed by atoms with Crippen LogP contribution in [0.1, 0.15) is 27.7 Å². The Hall–Kier alpha value is 1.04. The van der Waals surface area contributed by atoms with Gasteiger partial charge >= 0.3 is 0 Å². The molecule has 0 saturated heterocycles. The first-order valence-electron chi connectivity index (χ1n) is 3.58. The molecule has 0 aliphatic carbocycles. The molecule has 0 saturated carbocycles. The van der Waals surface area contributed by atoms with Crippen molar-refractivity contribution in [2.45, 2.75) is 32.9 Å². The van der Waals surface area contributed by atoms with Crippen LogP contribution in [0.15, 0.2) is 0 Å². The average molecular weight is 329 g/mol. The van der Waals surface area contributed by atoms with E-state index in [2.05, 4.69) is 34.1 Å². The fourth-order valence-corrected chi connectivity index (χ4v) is 1.32. The largest absolute Gasteiger partial charge is 0.316 e. The second-order valence-electron chi connectivity index (χ2n) is 2.86. The van der Waals surface area contributed by atoms with Crippen molar-refractivity contribution in [2.24, 2.45) is 5.92 Å². The Balaban J connectivity index is 0. The molecule has 0 aromatic carbocycles. The number of hydrogen-bond acceptors (Lipinski definition) is 1. The second kappa shape index (κ2) is 8.14. The summed E-state index contributed by atoms with van der Waals surface area (Å²) in [5, 5.41) is 0.778. The van der Waals surface area contributed by atoms with E-state index in [9.17, 15) is 0 Å². The van der Waals surface area contributed by atoms with E-state index in [0.29, 0.717) is 0 Å². The minimum atomic E-state index is 0. The van der Waals surface area contributed by atoms with Gasteiger partial charge in [-0.3, -0.25) is 0 Å². The average Bonchev–Trinajstić information content (AvgIpc) is 1.63. The summed E-state index contributed by atoms with van der Waals surface area (Å²) in [6, 6.07) is 0. The summed E-state index contributed by atoms with van der Waals surface area (Å²) in [5.41, 5.74) is 0. The quantitative estimate of drug-likeness (QED) is 0.715. The molecule has 0 bridgehead atoms. The normalized spacial score (nSPS) is 10.2. The fourth-order valence-electron chi connectivity index (χ4n) is 0.440. The molecule has 0 aliphatic rings. The van der Waals surface area contributed by atoms with Gasteiger partial charge in [0.1, 0.15) is 0 Å². The summed E-state index contributed by atoms with van der Waals surface area (Å²) in [4.78, 5) is 0. The van der Waals surface area contributed by atoms with Crippen LogP contribution in [-0.4, -0.2) is 11.0 Å². The third-order valence-electron chi connectivity index (χ3n) is 0.997. The summed E-state index contributed by atoms with van der Waals surface area (Å²) in [5.74, 6) is 1.95. The molecule has 0 aliphatic heterocycles. The van der Waals surface area contributed by atoms with Crippen LogP contribution in [0.4, 0.5) is 0 Å². The van der Waals surface area contributed by atoms with Crippen LogP contribution >= 0.6 is 11.8 Å². The van der Waals surface area contributed by atoms with Gasteiger partial charge in [0.25, 0.3) is 0 Å². The Morgan fingerprint density at radius 3 is 2.00 bits per heavy atom. The maximum Gasteiger partial charge on any atom is 0 e. The van der Waals surface area contributed by atoms with E-state index in [1.165, 1.54) is 5.75 Å². The van der Waals surface area contributed by atoms with Gasteiger partial charge in [-0.1, -0.05) is 27.7 Å². The van der Waals surface area contributed by atoms with Gasteiger partial charge in [-0.2, -0.15) is 17.7 Å². The zero-order valence-electron chi connectivity index (χ0n) is 7.26. The molecule has 0 amide bonds. The Kier molecular flexibility index (Phi) is 11.1. The Morgan fingerprint density at radius 2 is 1.70 bits per heavy atom. The van der Waals surface area contributed by atoms with E-state index < -0.39 is 0 Å². The van der Waals surface area contributed by atoms with E-state index in [0.717, 1.165) is 11.2 Å². The van der Waals surface area contributed by atoms with E-state index >= 15 is 0 Å². The van der Waals surface area contributed by atoms with Crippen molar-refractivity contribution in [3.05, 3.63) is 6.42 Å². The molecular formula is C8H17SW-. The van der Waals surface area contributed by atoms with Crippen LogP contribution in [-0.2, 0) is 21.1 Å². The first-order valence-corrected chi connectivity index (χ1v) is 4.62. The molecule has 2 heteroatoms. The van der Waals surface area contributed by atoms with Gasteiger partial charge in [0.15, 0.2) is 0 Å². The van der Waals surface area contributed by atoms with E-state index in [4.69, 9.17) is 0 Å². The summed E-state index contributed by atoms with van der Waals surface area (Å²) in [6.45, 7) is 8.92. The first kappa shape index (κ1) is 13.6. The summed E-state index contributed by atoms with van der Waals surface area (Å²) in [7, 11) is 0. The molecule has 0 rings (SSSR count). The molecule has 0 N–H and O–H groups in total. The molecule has 62 valence electrons. The monoisotopic (exact) mass is 329 g/mol. The van der Waals surface area contributed by atoms with E-state index in [-0.39, 0.29) is 21.1 Å². The molecule has 0 aromatic rings. The van der Waals surface area contributed by atoms with Crippen LogP contribution in [0.3, 0.4) is 0 Å². The molecule has 0 fully saturated rings. The topological polar surface area (TPSA) is 0 Å². The SMILES string of the molecule is CC(C)[CH-]CSC(C)C.[W]. The van der Waals surface area contributed by atoms with Crippen LogP contribution < -0.4 is 0 Å². The van der Waals surface area contributed by atoms with Crippen molar-refractivity contribution in [3.8, 4) is 0 Å². The van der Waals surface area contributed by atoms with Gasteiger partial charge in [-0.15, -0.1) is 5.75 Å². The van der Waals surface area contributed by atoms with Crippen LogP contribution in [0, 0.1) is 12.3 Å². The van der Waals surface area contributed by atoms with Crippen molar-refractivity contribution in [1.29, 1.82) is 0 Å². The predicted molar refractivity (Wildman–Crippen MR) is 46.7 cm³/mol. The van der Waals surface area contributed by atoms with Gasteiger partial charge in [0, 0.05) is 21.1 Å². The molecular weight excluding hydrogens is 312 g/mol. The standard InChI is InChI=1S/C8H17S.W/c1-7(2)5-6-9-8(3)4;/h5,7-8H,6H2,1-4H3;/q-1;. The van der Waals surface area contributed by atoms with Gasteiger partial charge in [-0.05, 0) is 5.25 Å². The molecule has 0 radical (unpaired) electrons. The minimum Gasteiger partial charge on any atom is -0.316 e. The Bertz CT molecular complexity index is 54.3. The molecule has 0 heterocycles. The van der Waals surface area contributed by atoms with Crippen LogP contribution in [0.2, 0.25) is 0 Å². The number of hydrogen-bond donors (Lipinski definition) is 0. The van der Waals surface area contributed by atoms with Crippen LogP contribution in [0.25, 0.3) is 0 Å². The molecule has 0 unspecified atom stereocenters. The third kappa shape index (κ3) is 11.8. The van der Waals surface area contributed by atoms with Crippen molar-refractivity contribution < 1.29 is 21.1 Å². The van der Waals surface area contributed by atoms with Crippen LogP contribution in [0.5, 0.6) is 0 Å². The van der Waals surface area contributed by atoms with Crippen molar-refractivity contribution >= 4 is 11.8 Å². The maximum absolute atomic E-state index is 2.35. The van der Waals surface area contributed by atoms with Gasteiger partial charge < -0.3 is 6.42 Å². The predicted octanol–water partition coefficient (Wildman–Crippen LogP) is 2.99. The maximum atomic E-state index is 2.35.